The number of aryl methyl sites for hydroxylation is 1. The molecule has 0 unspecified atom stereocenters. The number of carbonyl (C=O) groups excluding carboxylic acids is 3. The second-order valence-electron chi connectivity index (χ2n) is 7.89. The Hall–Kier alpha value is -4.58. The van der Waals surface area contributed by atoms with E-state index in [0.717, 1.165) is 23.5 Å². The standard InChI is InChI=1S/C26H19F3N4O4S/c1-15-22(38-24(31-15)20-10-2-3-11-30-20)25(36)37-14-21(34)32-18-8-4-6-16(12-18)23(35)33-19-9-5-7-17(13-19)26(27,28)29/h2-13H,14H2,1H3,(H,32,34)(H,33,35). The number of rotatable bonds is 7. The van der Waals surface area contributed by atoms with E-state index in [1.54, 1.807) is 31.3 Å². The zero-order valence-electron chi connectivity index (χ0n) is 19.7. The van der Waals surface area contributed by atoms with Gasteiger partial charge in [-0.2, -0.15) is 13.2 Å². The average molecular weight is 541 g/mol. The first-order valence-electron chi connectivity index (χ1n) is 11.0. The number of nitrogens with zero attached hydrogens (tertiary/aromatic N) is 2. The summed E-state index contributed by atoms with van der Waals surface area (Å²) in [7, 11) is 0. The molecule has 12 heteroatoms. The SMILES string of the molecule is Cc1nc(-c2ccccn2)sc1C(=O)OCC(=O)Nc1cccc(C(=O)Nc2cccc(C(F)(F)F)c2)c1. The molecule has 0 fully saturated rings. The van der Waals surface area contributed by atoms with E-state index >= 15 is 0 Å². The Morgan fingerprint density at radius 2 is 1.68 bits per heavy atom. The summed E-state index contributed by atoms with van der Waals surface area (Å²) in [5.41, 5.74) is 0.451. The maximum absolute atomic E-state index is 12.9. The van der Waals surface area contributed by atoms with Gasteiger partial charge in [-0.25, -0.2) is 9.78 Å². The maximum atomic E-state index is 12.9. The van der Waals surface area contributed by atoms with Crippen molar-refractivity contribution in [2.75, 3.05) is 17.2 Å². The summed E-state index contributed by atoms with van der Waals surface area (Å²) in [6, 6.07) is 15.3. The zero-order valence-corrected chi connectivity index (χ0v) is 20.5. The number of esters is 1. The number of aromatic nitrogens is 2. The Balaban J connectivity index is 1.34. The Morgan fingerprint density at radius 1 is 0.947 bits per heavy atom. The minimum atomic E-state index is -4.55. The van der Waals surface area contributed by atoms with Crippen LogP contribution >= 0.6 is 11.3 Å². The van der Waals surface area contributed by atoms with Crippen molar-refractivity contribution < 1.29 is 32.3 Å². The lowest BCUT2D eigenvalue weighted by atomic mass is 10.1. The van der Waals surface area contributed by atoms with Gasteiger partial charge in [-0.05, 0) is 55.5 Å². The summed E-state index contributed by atoms with van der Waals surface area (Å²) in [6.45, 7) is 1.06. The minimum Gasteiger partial charge on any atom is -0.451 e. The summed E-state index contributed by atoms with van der Waals surface area (Å²) in [4.78, 5) is 46.1. The molecule has 0 aliphatic carbocycles. The van der Waals surface area contributed by atoms with Crippen LogP contribution in [-0.4, -0.2) is 34.4 Å². The van der Waals surface area contributed by atoms with Crippen molar-refractivity contribution in [3.8, 4) is 10.7 Å². The van der Waals surface area contributed by atoms with E-state index in [1.165, 1.54) is 36.4 Å². The fraction of sp³-hybridized carbons (Fsp3) is 0.115. The van der Waals surface area contributed by atoms with Crippen LogP contribution in [0.5, 0.6) is 0 Å². The Bertz CT molecular complexity index is 1490. The van der Waals surface area contributed by atoms with Crippen molar-refractivity contribution in [2.24, 2.45) is 0 Å². The number of carbonyl (C=O) groups is 3. The molecule has 0 aliphatic rings. The van der Waals surface area contributed by atoms with Crippen LogP contribution in [0.3, 0.4) is 0 Å². The van der Waals surface area contributed by atoms with Gasteiger partial charge in [-0.3, -0.25) is 14.6 Å². The van der Waals surface area contributed by atoms with Crippen LogP contribution in [-0.2, 0) is 15.7 Å². The van der Waals surface area contributed by atoms with Gasteiger partial charge in [-0.15, -0.1) is 11.3 Å². The molecule has 4 aromatic rings. The molecule has 8 nitrogen and oxygen atoms in total. The molecule has 0 bridgehead atoms. The highest BCUT2D eigenvalue weighted by Crippen LogP contribution is 2.31. The quantitative estimate of drug-likeness (QED) is 0.296. The number of halogens is 3. The first-order valence-corrected chi connectivity index (χ1v) is 11.9. The maximum Gasteiger partial charge on any atom is 0.416 e. The summed E-state index contributed by atoms with van der Waals surface area (Å²) in [5.74, 6) is -2.04. The van der Waals surface area contributed by atoms with Crippen LogP contribution in [0.1, 0.15) is 31.3 Å². The van der Waals surface area contributed by atoms with Crippen LogP contribution < -0.4 is 10.6 Å². The fourth-order valence-electron chi connectivity index (χ4n) is 3.29. The first-order chi connectivity index (χ1) is 18.1. The number of amides is 2. The van der Waals surface area contributed by atoms with Crippen LogP contribution in [0.2, 0.25) is 0 Å². The molecule has 0 radical (unpaired) electrons. The first kappa shape index (κ1) is 26.5. The van der Waals surface area contributed by atoms with Crippen LogP contribution in [0.15, 0.2) is 72.9 Å². The van der Waals surface area contributed by atoms with E-state index in [2.05, 4.69) is 20.6 Å². The Labute approximate surface area is 218 Å². The molecular weight excluding hydrogens is 521 g/mol. The molecule has 0 atom stereocenters. The van der Waals surface area contributed by atoms with Crippen molar-refractivity contribution in [1.29, 1.82) is 0 Å². The van der Waals surface area contributed by atoms with Crippen LogP contribution in [0.4, 0.5) is 24.5 Å². The van der Waals surface area contributed by atoms with Gasteiger partial charge in [0.2, 0.25) is 0 Å². The van der Waals surface area contributed by atoms with E-state index in [9.17, 15) is 27.6 Å². The average Bonchev–Trinajstić information content (AvgIpc) is 3.29. The molecule has 2 amide bonds. The molecule has 2 heterocycles. The van der Waals surface area contributed by atoms with Crippen molar-refractivity contribution in [1.82, 2.24) is 9.97 Å². The summed E-state index contributed by atoms with van der Waals surface area (Å²) in [5, 5.41) is 5.46. The second-order valence-corrected chi connectivity index (χ2v) is 8.89. The molecule has 2 N–H and O–H groups in total. The van der Waals surface area contributed by atoms with Gasteiger partial charge in [-0.1, -0.05) is 18.2 Å². The van der Waals surface area contributed by atoms with Crippen molar-refractivity contribution in [2.45, 2.75) is 13.1 Å². The monoisotopic (exact) mass is 540 g/mol. The lowest BCUT2D eigenvalue weighted by molar-refractivity contribution is -0.137. The molecule has 0 saturated carbocycles. The van der Waals surface area contributed by atoms with E-state index < -0.39 is 36.1 Å². The Kier molecular flexibility index (Phi) is 7.82. The third kappa shape index (κ3) is 6.59. The van der Waals surface area contributed by atoms with Gasteiger partial charge in [0.25, 0.3) is 11.8 Å². The van der Waals surface area contributed by atoms with Crippen molar-refractivity contribution >= 4 is 40.5 Å². The smallest absolute Gasteiger partial charge is 0.416 e. The summed E-state index contributed by atoms with van der Waals surface area (Å²) in [6.07, 6.45) is -2.94. The van der Waals surface area contributed by atoms with Crippen molar-refractivity contribution in [3.63, 3.8) is 0 Å². The molecule has 2 aromatic carbocycles. The number of hydrogen-bond acceptors (Lipinski definition) is 7. The molecule has 0 spiro atoms. The summed E-state index contributed by atoms with van der Waals surface area (Å²) < 4.78 is 43.9. The highest BCUT2D eigenvalue weighted by atomic mass is 32.1. The van der Waals surface area contributed by atoms with E-state index in [0.29, 0.717) is 16.4 Å². The lowest BCUT2D eigenvalue weighted by Gasteiger charge is -2.11. The number of anilines is 2. The van der Waals surface area contributed by atoms with Gasteiger partial charge in [0, 0.05) is 23.1 Å². The fourth-order valence-corrected chi connectivity index (χ4v) is 4.23. The number of alkyl halides is 3. The number of benzene rings is 2. The highest BCUT2D eigenvalue weighted by molar-refractivity contribution is 7.17. The number of hydrogen-bond donors (Lipinski definition) is 2. The second kappa shape index (κ2) is 11.2. The largest absolute Gasteiger partial charge is 0.451 e. The highest BCUT2D eigenvalue weighted by Gasteiger charge is 2.30. The van der Waals surface area contributed by atoms with Crippen molar-refractivity contribution in [3.05, 3.63) is 94.6 Å². The third-order valence-corrected chi connectivity index (χ3v) is 6.22. The van der Waals surface area contributed by atoms with E-state index in [4.69, 9.17) is 4.74 Å². The number of ether oxygens (including phenoxy) is 1. The molecule has 0 saturated heterocycles. The van der Waals surface area contributed by atoms with Crippen LogP contribution in [0, 0.1) is 6.92 Å². The molecule has 4 rings (SSSR count). The third-order valence-electron chi connectivity index (χ3n) is 5.06. The number of nitrogens with one attached hydrogen (secondary N) is 2. The minimum absolute atomic E-state index is 0.0317. The van der Waals surface area contributed by atoms with E-state index in [1.807, 2.05) is 0 Å². The molecule has 0 aliphatic heterocycles. The van der Waals surface area contributed by atoms with Gasteiger partial charge < -0.3 is 15.4 Å². The Morgan fingerprint density at radius 3 is 2.39 bits per heavy atom. The topological polar surface area (TPSA) is 110 Å². The molecule has 2 aromatic heterocycles. The number of pyridine rings is 1. The van der Waals surface area contributed by atoms with E-state index in [-0.39, 0.29) is 21.8 Å². The van der Waals surface area contributed by atoms with Gasteiger partial charge in [0.05, 0.1) is 17.0 Å². The lowest BCUT2D eigenvalue weighted by Crippen LogP contribution is -2.21. The molecular formula is C26H19F3N4O4S. The molecule has 38 heavy (non-hydrogen) atoms. The van der Waals surface area contributed by atoms with Gasteiger partial charge >= 0.3 is 12.1 Å². The number of thiazole rings is 1. The van der Waals surface area contributed by atoms with Crippen LogP contribution in [0.25, 0.3) is 10.7 Å². The molecule has 194 valence electrons. The predicted octanol–water partition coefficient (Wildman–Crippen LogP) is 5.58. The zero-order chi connectivity index (χ0) is 27.3. The predicted molar refractivity (Wildman–Crippen MR) is 135 cm³/mol. The van der Waals surface area contributed by atoms with Gasteiger partial charge in [0.1, 0.15) is 9.88 Å². The normalized spacial score (nSPS) is 11.1. The summed E-state index contributed by atoms with van der Waals surface area (Å²) >= 11 is 1.10. The van der Waals surface area contributed by atoms with Gasteiger partial charge in [0.15, 0.2) is 6.61 Å².